The molecule has 3 aliphatic rings. The highest BCUT2D eigenvalue weighted by Crippen LogP contribution is 2.38. The van der Waals surface area contributed by atoms with Gasteiger partial charge in [-0.1, -0.05) is 15.9 Å². The number of likely N-dealkylation sites (tertiary alicyclic amines) is 2. The first-order valence-corrected chi connectivity index (χ1v) is 9.29. The number of ether oxygens (including phenoxy) is 1. The average molecular weight is 379 g/mol. The van der Waals surface area contributed by atoms with E-state index in [4.69, 9.17) is 4.74 Å². The summed E-state index contributed by atoms with van der Waals surface area (Å²) < 4.78 is 7.16. The zero-order valence-electron chi connectivity index (χ0n) is 13.6. The Balaban J connectivity index is 1.37. The Kier molecular flexibility index (Phi) is 3.98. The molecule has 0 bridgehead atoms. The van der Waals surface area contributed by atoms with Crippen molar-refractivity contribution >= 4 is 21.8 Å². The monoisotopic (exact) mass is 378 g/mol. The summed E-state index contributed by atoms with van der Waals surface area (Å²) in [4.78, 5) is 17.1. The van der Waals surface area contributed by atoms with E-state index in [1.165, 1.54) is 25.9 Å². The third-order valence-corrected chi connectivity index (χ3v) is 6.39. The van der Waals surface area contributed by atoms with Gasteiger partial charge in [-0.2, -0.15) is 0 Å². The van der Waals surface area contributed by atoms with Gasteiger partial charge in [-0.15, -0.1) is 0 Å². The largest absolute Gasteiger partial charge is 0.370 e. The second-order valence-corrected chi connectivity index (χ2v) is 8.07. The van der Waals surface area contributed by atoms with E-state index in [-0.39, 0.29) is 11.5 Å². The van der Waals surface area contributed by atoms with Crippen LogP contribution in [0, 0.1) is 6.92 Å². The van der Waals surface area contributed by atoms with Crippen LogP contribution in [0.25, 0.3) is 0 Å². The van der Waals surface area contributed by atoms with Gasteiger partial charge >= 0.3 is 0 Å². The number of amides is 1. The maximum Gasteiger partial charge on any atom is 0.254 e. The summed E-state index contributed by atoms with van der Waals surface area (Å²) in [5.41, 5.74) is 1.79. The number of hydrogen-bond donors (Lipinski definition) is 0. The van der Waals surface area contributed by atoms with E-state index in [0.29, 0.717) is 6.04 Å². The molecule has 0 N–H and O–H groups in total. The van der Waals surface area contributed by atoms with Crippen LogP contribution in [0.3, 0.4) is 0 Å². The van der Waals surface area contributed by atoms with Crippen LogP contribution in [0.2, 0.25) is 0 Å². The summed E-state index contributed by atoms with van der Waals surface area (Å²) in [5, 5.41) is 0. The maximum absolute atomic E-state index is 12.6. The van der Waals surface area contributed by atoms with Crippen LogP contribution in [-0.2, 0) is 4.74 Å². The van der Waals surface area contributed by atoms with Gasteiger partial charge in [0, 0.05) is 16.1 Å². The van der Waals surface area contributed by atoms with Crippen LogP contribution >= 0.6 is 15.9 Å². The summed E-state index contributed by atoms with van der Waals surface area (Å²) in [6.07, 6.45) is 3.71. The molecule has 3 heterocycles. The lowest BCUT2D eigenvalue weighted by molar-refractivity contribution is -0.0950. The Morgan fingerprint density at radius 1 is 1.30 bits per heavy atom. The fraction of sp³-hybridized carbons (Fsp3) is 0.611. The summed E-state index contributed by atoms with van der Waals surface area (Å²) in [7, 11) is 0. The van der Waals surface area contributed by atoms with E-state index >= 15 is 0 Å². The van der Waals surface area contributed by atoms with E-state index in [1.807, 2.05) is 30.0 Å². The predicted molar refractivity (Wildman–Crippen MR) is 92.7 cm³/mol. The number of carbonyl (C=O) groups excluding carboxylic acids is 1. The first-order chi connectivity index (χ1) is 11.1. The van der Waals surface area contributed by atoms with Gasteiger partial charge in [0.1, 0.15) is 5.60 Å². The second kappa shape index (κ2) is 5.87. The van der Waals surface area contributed by atoms with Crippen molar-refractivity contribution in [2.24, 2.45) is 0 Å². The highest BCUT2D eigenvalue weighted by molar-refractivity contribution is 9.10. The minimum absolute atomic E-state index is 0.0761. The fourth-order valence-electron chi connectivity index (χ4n) is 4.14. The minimum Gasteiger partial charge on any atom is -0.370 e. The predicted octanol–water partition coefficient (Wildman–Crippen LogP) is 2.84. The van der Waals surface area contributed by atoms with Gasteiger partial charge in [0.25, 0.3) is 5.91 Å². The Bertz CT molecular complexity index is 621. The molecule has 23 heavy (non-hydrogen) atoms. The van der Waals surface area contributed by atoms with Crippen molar-refractivity contribution in [1.29, 1.82) is 0 Å². The Labute approximate surface area is 145 Å². The maximum atomic E-state index is 12.6. The molecule has 1 unspecified atom stereocenters. The van der Waals surface area contributed by atoms with E-state index < -0.39 is 0 Å². The molecule has 3 aliphatic heterocycles. The van der Waals surface area contributed by atoms with E-state index in [9.17, 15) is 4.79 Å². The van der Waals surface area contributed by atoms with Crippen LogP contribution < -0.4 is 0 Å². The lowest BCUT2D eigenvalue weighted by Gasteiger charge is -2.47. The fourth-order valence-corrected chi connectivity index (χ4v) is 4.38. The smallest absolute Gasteiger partial charge is 0.254 e. The third-order valence-electron chi connectivity index (χ3n) is 5.50. The second-order valence-electron chi connectivity index (χ2n) is 7.22. The van der Waals surface area contributed by atoms with Crippen molar-refractivity contribution < 1.29 is 9.53 Å². The zero-order valence-corrected chi connectivity index (χ0v) is 15.1. The van der Waals surface area contributed by atoms with E-state index in [0.717, 1.165) is 41.7 Å². The molecule has 4 rings (SSSR count). The number of nitrogens with zero attached hydrogens (tertiary/aromatic N) is 2. The normalized spacial score (nSPS) is 26.7. The van der Waals surface area contributed by atoms with Gasteiger partial charge in [0.15, 0.2) is 0 Å². The minimum atomic E-state index is -0.0761. The number of carbonyl (C=O) groups is 1. The van der Waals surface area contributed by atoms with Crippen molar-refractivity contribution in [1.82, 2.24) is 9.80 Å². The Hall–Kier alpha value is -0.910. The highest BCUT2D eigenvalue weighted by atomic mass is 79.9. The molecule has 3 saturated heterocycles. The molecule has 1 spiro atoms. The highest BCUT2D eigenvalue weighted by Gasteiger charge is 2.52. The standard InChI is InChI=1S/C18H23BrN2O2/c1-13-8-14(4-5-16(13)19)17(22)21-11-18(12-21)9-15(10-23-18)20-6-2-3-7-20/h4-5,8,15H,2-3,6-7,9-12H2,1H3. The van der Waals surface area contributed by atoms with Crippen LogP contribution in [0.15, 0.2) is 22.7 Å². The summed E-state index contributed by atoms with van der Waals surface area (Å²) in [6.45, 7) is 6.75. The topological polar surface area (TPSA) is 32.8 Å². The lowest BCUT2D eigenvalue weighted by atomic mass is 9.88. The summed E-state index contributed by atoms with van der Waals surface area (Å²) >= 11 is 3.48. The first-order valence-electron chi connectivity index (χ1n) is 8.50. The lowest BCUT2D eigenvalue weighted by Crippen LogP contribution is -2.63. The molecule has 5 heteroatoms. The molecule has 124 valence electrons. The first kappa shape index (κ1) is 15.6. The zero-order chi connectivity index (χ0) is 16.0. The van der Waals surface area contributed by atoms with Crippen LogP contribution in [-0.4, -0.2) is 60.1 Å². The van der Waals surface area contributed by atoms with Crippen molar-refractivity contribution in [3.8, 4) is 0 Å². The summed E-state index contributed by atoms with van der Waals surface area (Å²) in [5.74, 6) is 0.124. The SMILES string of the molecule is Cc1cc(C(=O)N2CC3(CC(N4CCCC4)CO3)C2)ccc1Br. The number of aryl methyl sites for hydroxylation is 1. The van der Waals surface area contributed by atoms with Crippen molar-refractivity contribution in [3.63, 3.8) is 0 Å². The summed E-state index contributed by atoms with van der Waals surface area (Å²) in [6, 6.07) is 6.37. The number of hydrogen-bond acceptors (Lipinski definition) is 3. The quantitative estimate of drug-likeness (QED) is 0.792. The van der Waals surface area contributed by atoms with Crippen LogP contribution in [0.1, 0.15) is 35.2 Å². The van der Waals surface area contributed by atoms with Gasteiger partial charge in [-0.25, -0.2) is 0 Å². The van der Waals surface area contributed by atoms with Gasteiger partial charge in [-0.05, 0) is 63.0 Å². The molecule has 0 radical (unpaired) electrons. The van der Waals surface area contributed by atoms with Gasteiger partial charge in [0.2, 0.25) is 0 Å². The molecular weight excluding hydrogens is 356 g/mol. The number of benzene rings is 1. The molecule has 4 nitrogen and oxygen atoms in total. The van der Waals surface area contributed by atoms with Crippen molar-refractivity contribution in [2.75, 3.05) is 32.8 Å². The van der Waals surface area contributed by atoms with Crippen molar-refractivity contribution in [3.05, 3.63) is 33.8 Å². The molecule has 0 aromatic heterocycles. The Morgan fingerprint density at radius 3 is 2.74 bits per heavy atom. The third kappa shape index (κ3) is 2.83. The van der Waals surface area contributed by atoms with Crippen molar-refractivity contribution in [2.45, 2.75) is 37.8 Å². The molecule has 1 aromatic rings. The molecular formula is C18H23BrN2O2. The van der Waals surface area contributed by atoms with E-state index in [2.05, 4.69) is 20.8 Å². The van der Waals surface area contributed by atoms with E-state index in [1.54, 1.807) is 0 Å². The molecule has 0 aliphatic carbocycles. The van der Waals surface area contributed by atoms with Gasteiger partial charge in [0.05, 0.1) is 19.7 Å². The number of halogens is 1. The molecule has 1 aromatic carbocycles. The number of rotatable bonds is 2. The van der Waals surface area contributed by atoms with Crippen LogP contribution in [0.4, 0.5) is 0 Å². The van der Waals surface area contributed by atoms with Crippen LogP contribution in [0.5, 0.6) is 0 Å². The van der Waals surface area contributed by atoms with Gasteiger partial charge in [-0.3, -0.25) is 9.69 Å². The molecule has 1 atom stereocenters. The molecule has 0 saturated carbocycles. The molecule has 3 fully saturated rings. The van der Waals surface area contributed by atoms with Gasteiger partial charge < -0.3 is 9.64 Å². The Morgan fingerprint density at radius 2 is 2.04 bits per heavy atom. The average Bonchev–Trinajstić information content (AvgIpc) is 3.16. The molecule has 1 amide bonds.